The summed E-state index contributed by atoms with van der Waals surface area (Å²) in [6, 6.07) is 30.0. The number of nitrogens with one attached hydrogen (secondary N) is 1. The van der Waals surface area contributed by atoms with Crippen molar-refractivity contribution in [1.29, 1.82) is 0 Å². The van der Waals surface area contributed by atoms with Crippen molar-refractivity contribution in [2.75, 3.05) is 44.7 Å². The van der Waals surface area contributed by atoms with Crippen LogP contribution in [-0.4, -0.2) is 87.0 Å². The topological polar surface area (TPSA) is 88.1 Å². The lowest BCUT2D eigenvalue weighted by Gasteiger charge is -2.41. The zero-order valence-electron chi connectivity index (χ0n) is 29.3. The third-order valence-corrected chi connectivity index (χ3v) is 10.8. The third-order valence-electron chi connectivity index (χ3n) is 10.5. The van der Waals surface area contributed by atoms with E-state index in [1.165, 1.54) is 11.1 Å². The van der Waals surface area contributed by atoms with Gasteiger partial charge < -0.3 is 24.5 Å². The molecule has 4 aromatic carbocycles. The van der Waals surface area contributed by atoms with Crippen molar-refractivity contribution in [2.24, 2.45) is 7.05 Å². The lowest BCUT2D eigenvalue weighted by atomic mass is 9.92. The second kappa shape index (κ2) is 14.0. The van der Waals surface area contributed by atoms with E-state index >= 15 is 0 Å². The zero-order chi connectivity index (χ0) is 35.9. The number of hydrogen-bond acceptors (Lipinski definition) is 5. The molecule has 8 rings (SSSR count). The molecule has 1 saturated heterocycles. The molecule has 2 aliphatic heterocycles. The van der Waals surface area contributed by atoms with Crippen LogP contribution in [0.2, 0.25) is 5.02 Å². The number of likely N-dealkylation sites (N-methyl/N-ethyl adjacent to an activating group) is 1. The van der Waals surface area contributed by atoms with Crippen molar-refractivity contribution >= 4 is 45.7 Å². The van der Waals surface area contributed by atoms with Crippen molar-refractivity contribution in [3.63, 3.8) is 0 Å². The average Bonchev–Trinajstić information content (AvgIpc) is 3.79. The molecule has 0 spiro atoms. The van der Waals surface area contributed by atoms with Gasteiger partial charge >= 0.3 is 0 Å². The molecule has 0 radical (unpaired) electrons. The molecule has 0 aliphatic carbocycles. The Balaban J connectivity index is 1.15. The van der Waals surface area contributed by atoms with Crippen LogP contribution >= 0.6 is 11.6 Å². The van der Waals surface area contributed by atoms with E-state index in [2.05, 4.69) is 40.0 Å². The molecule has 2 amide bonds. The highest BCUT2D eigenvalue weighted by Crippen LogP contribution is 2.35. The van der Waals surface area contributed by atoms with Crippen LogP contribution in [0.25, 0.3) is 22.2 Å². The minimum atomic E-state index is -0.253. The van der Waals surface area contributed by atoms with Crippen LogP contribution in [0.5, 0.6) is 5.75 Å². The number of fused-ring (bicyclic) bond motifs is 2. The number of phenolic OH excluding ortho intramolecular Hbond substituents is 1. The fourth-order valence-corrected chi connectivity index (χ4v) is 7.80. The van der Waals surface area contributed by atoms with Gasteiger partial charge in [-0.05, 0) is 97.4 Å². The highest BCUT2D eigenvalue weighted by molar-refractivity contribution is 6.31. The third kappa shape index (κ3) is 6.59. The van der Waals surface area contributed by atoms with Crippen LogP contribution < -0.4 is 4.90 Å². The molecule has 2 aromatic heterocycles. The Morgan fingerprint density at radius 3 is 2.40 bits per heavy atom. The number of hydrogen-bond donors (Lipinski definition) is 2. The van der Waals surface area contributed by atoms with Crippen molar-refractivity contribution in [3.05, 3.63) is 137 Å². The van der Waals surface area contributed by atoms with Crippen molar-refractivity contribution < 1.29 is 14.7 Å². The minimum Gasteiger partial charge on any atom is -0.508 e. The van der Waals surface area contributed by atoms with Crippen LogP contribution in [0.3, 0.4) is 0 Å². The number of rotatable bonds is 7. The van der Waals surface area contributed by atoms with Gasteiger partial charge in [0.25, 0.3) is 11.8 Å². The van der Waals surface area contributed by atoms with Crippen molar-refractivity contribution in [2.45, 2.75) is 19.0 Å². The van der Waals surface area contributed by atoms with E-state index in [0.717, 1.165) is 50.0 Å². The van der Waals surface area contributed by atoms with Crippen LogP contribution in [0.4, 0.5) is 11.4 Å². The normalized spacial score (nSPS) is 16.6. The molecule has 1 atom stereocenters. The number of aromatic nitrogens is 2. The fourth-order valence-electron chi connectivity index (χ4n) is 7.63. The number of halogens is 1. The van der Waals surface area contributed by atoms with E-state index in [0.29, 0.717) is 45.3 Å². The number of aromatic hydroxyl groups is 1. The molecule has 4 heterocycles. The van der Waals surface area contributed by atoms with Gasteiger partial charge in [-0.25, -0.2) is 0 Å². The molecule has 0 unspecified atom stereocenters. The van der Waals surface area contributed by atoms with Gasteiger partial charge in [0.1, 0.15) is 5.75 Å². The van der Waals surface area contributed by atoms with Gasteiger partial charge in [-0.15, -0.1) is 0 Å². The Hall–Kier alpha value is -5.35. The summed E-state index contributed by atoms with van der Waals surface area (Å²) in [4.78, 5) is 41.1. The molecular formula is C42H41ClN6O3. The summed E-state index contributed by atoms with van der Waals surface area (Å²) >= 11 is 6.63. The van der Waals surface area contributed by atoms with Gasteiger partial charge in [0.2, 0.25) is 0 Å². The number of aromatic amines is 1. The molecule has 264 valence electrons. The lowest BCUT2D eigenvalue weighted by Crippen LogP contribution is -2.53. The van der Waals surface area contributed by atoms with Crippen LogP contribution in [0, 0.1) is 0 Å². The largest absolute Gasteiger partial charge is 0.508 e. The molecule has 10 heteroatoms. The lowest BCUT2D eigenvalue weighted by molar-refractivity contribution is 0.0536. The Morgan fingerprint density at radius 1 is 0.865 bits per heavy atom. The SMILES string of the molecule is CN1CCN(C[C@@H]2Cc3ccccc3CN2C(=O)c2ccc(Cl)cc2-c2cc(C(=O)N(c3ccc(O)cc3)c3ccc4[nH]ccc4c3)cn2C)CC1. The first-order valence-electron chi connectivity index (χ1n) is 17.7. The number of amides is 2. The molecule has 2 N–H and O–H groups in total. The highest BCUT2D eigenvalue weighted by atomic mass is 35.5. The summed E-state index contributed by atoms with van der Waals surface area (Å²) in [7, 11) is 4.03. The maximum atomic E-state index is 14.8. The van der Waals surface area contributed by atoms with Crippen LogP contribution in [0.1, 0.15) is 31.8 Å². The van der Waals surface area contributed by atoms with E-state index < -0.39 is 0 Å². The molecule has 6 aromatic rings. The second-order valence-corrected chi connectivity index (χ2v) is 14.4. The highest BCUT2D eigenvalue weighted by Gasteiger charge is 2.34. The van der Waals surface area contributed by atoms with Gasteiger partial charge in [0.15, 0.2) is 0 Å². The Bertz CT molecular complexity index is 2270. The van der Waals surface area contributed by atoms with Crippen LogP contribution in [-0.2, 0) is 20.0 Å². The van der Waals surface area contributed by atoms with Gasteiger partial charge in [-0.1, -0.05) is 35.9 Å². The molecule has 2 aliphatic rings. The fraction of sp³-hybridized carbons (Fsp3) is 0.238. The maximum absolute atomic E-state index is 14.8. The number of piperazine rings is 1. The number of carbonyl (C=O) groups is 2. The summed E-state index contributed by atoms with van der Waals surface area (Å²) in [6.45, 7) is 5.31. The quantitative estimate of drug-likeness (QED) is 0.181. The maximum Gasteiger partial charge on any atom is 0.264 e. The average molecular weight is 713 g/mol. The molecule has 52 heavy (non-hydrogen) atoms. The monoisotopic (exact) mass is 712 g/mol. The van der Waals surface area contributed by atoms with E-state index in [-0.39, 0.29) is 23.6 Å². The molecule has 0 saturated carbocycles. The predicted octanol–water partition coefficient (Wildman–Crippen LogP) is 7.33. The Morgan fingerprint density at radius 2 is 1.62 bits per heavy atom. The summed E-state index contributed by atoms with van der Waals surface area (Å²) in [5.41, 5.74) is 7.07. The van der Waals surface area contributed by atoms with Crippen LogP contribution in [0.15, 0.2) is 109 Å². The summed E-state index contributed by atoms with van der Waals surface area (Å²) in [6.07, 6.45) is 4.45. The number of benzene rings is 4. The first-order valence-corrected chi connectivity index (χ1v) is 18.1. The number of carbonyl (C=O) groups excluding carboxylic acids is 2. The van der Waals surface area contributed by atoms with Crippen molar-refractivity contribution in [3.8, 4) is 17.0 Å². The molecule has 0 bridgehead atoms. The smallest absolute Gasteiger partial charge is 0.264 e. The number of anilines is 2. The van der Waals surface area contributed by atoms with Gasteiger partial charge in [0, 0.05) is 109 Å². The minimum absolute atomic E-state index is 0.0103. The van der Waals surface area contributed by atoms with Gasteiger partial charge in [-0.3, -0.25) is 19.4 Å². The Kier molecular flexibility index (Phi) is 9.09. The summed E-state index contributed by atoms with van der Waals surface area (Å²) in [5.74, 6) is -0.197. The predicted molar refractivity (Wildman–Crippen MR) is 206 cm³/mol. The molecule has 9 nitrogen and oxygen atoms in total. The molecular weight excluding hydrogens is 672 g/mol. The first kappa shape index (κ1) is 33.8. The van der Waals surface area contributed by atoms with E-state index in [1.54, 1.807) is 41.4 Å². The zero-order valence-corrected chi connectivity index (χ0v) is 30.1. The number of nitrogens with zero attached hydrogens (tertiary/aromatic N) is 5. The standard InChI is InChI=1S/C42H41ClN6O3/c1-45-17-19-47(20-18-45)27-35-21-28-5-3-4-6-30(28)26-48(35)42(52)37-13-7-32(43)24-38(37)40-23-31(25-46(40)2)41(51)49(33-8-11-36(50)12-9-33)34-10-14-39-29(22-34)15-16-44-39/h3-16,22-25,35,44,50H,17-21,26-27H2,1-2H3/t35-/m0/s1. The van der Waals surface area contributed by atoms with E-state index in [4.69, 9.17) is 11.6 Å². The van der Waals surface area contributed by atoms with Gasteiger partial charge in [0.05, 0.1) is 5.56 Å². The number of phenols is 1. The number of H-pyrrole nitrogens is 1. The first-order chi connectivity index (χ1) is 25.2. The molecule has 1 fully saturated rings. The number of aryl methyl sites for hydroxylation is 1. The summed E-state index contributed by atoms with van der Waals surface area (Å²) in [5, 5.41) is 11.5. The second-order valence-electron chi connectivity index (χ2n) is 14.0. The van der Waals surface area contributed by atoms with Gasteiger partial charge in [-0.2, -0.15) is 0 Å². The van der Waals surface area contributed by atoms with E-state index in [1.807, 2.05) is 71.2 Å². The van der Waals surface area contributed by atoms with E-state index in [9.17, 15) is 14.7 Å². The Labute approximate surface area is 308 Å². The van der Waals surface area contributed by atoms with Crippen molar-refractivity contribution in [1.82, 2.24) is 24.3 Å². The summed E-state index contributed by atoms with van der Waals surface area (Å²) < 4.78 is 1.88.